The highest BCUT2D eigenvalue weighted by molar-refractivity contribution is 6.33. The minimum Gasteiger partial charge on any atom is -0.377 e. The number of benzene rings is 2. The molecule has 0 aliphatic rings. The first-order chi connectivity index (χ1) is 9.77. The van der Waals surface area contributed by atoms with E-state index in [1.54, 1.807) is 0 Å². The number of hydrogen-bond donors (Lipinski definition) is 1. The van der Waals surface area contributed by atoms with Crippen LogP contribution in [0.3, 0.4) is 0 Å². The lowest BCUT2D eigenvalue weighted by molar-refractivity contribution is 0.589. The fourth-order valence-electron chi connectivity index (χ4n) is 2.33. The molecule has 0 radical (unpaired) electrons. The van der Waals surface area contributed by atoms with Gasteiger partial charge in [-0.2, -0.15) is 0 Å². The summed E-state index contributed by atoms with van der Waals surface area (Å²) >= 11 is 6.28. The maximum Gasteiger partial charge on any atom is 0.0640 e. The number of halogens is 1. The zero-order valence-electron chi connectivity index (χ0n) is 13.5. The van der Waals surface area contributed by atoms with Crippen molar-refractivity contribution in [1.29, 1.82) is 0 Å². The van der Waals surface area contributed by atoms with E-state index < -0.39 is 0 Å². The molecule has 0 aliphatic heterocycles. The van der Waals surface area contributed by atoms with Gasteiger partial charge in [-0.15, -0.1) is 0 Å². The normalized spacial score (nSPS) is 13.0. The van der Waals surface area contributed by atoms with Gasteiger partial charge >= 0.3 is 0 Å². The monoisotopic (exact) mass is 301 g/mol. The van der Waals surface area contributed by atoms with Gasteiger partial charge in [-0.05, 0) is 48.1 Å². The van der Waals surface area contributed by atoms with Crippen molar-refractivity contribution in [3.63, 3.8) is 0 Å². The Hall–Kier alpha value is -1.47. The molecule has 1 nitrogen and oxygen atoms in total. The van der Waals surface area contributed by atoms with E-state index >= 15 is 0 Å². The third-order valence-electron chi connectivity index (χ3n) is 3.77. The van der Waals surface area contributed by atoms with Gasteiger partial charge in [0, 0.05) is 6.04 Å². The molecule has 0 aliphatic carbocycles. The van der Waals surface area contributed by atoms with E-state index in [-0.39, 0.29) is 11.5 Å². The van der Waals surface area contributed by atoms with Crippen molar-refractivity contribution in [2.45, 2.75) is 46.1 Å². The van der Waals surface area contributed by atoms with Crippen LogP contribution in [0.4, 0.5) is 5.69 Å². The Balaban J connectivity index is 2.15. The standard InChI is InChI=1S/C19H24ClN/c1-13-6-11-18(17(20)12-13)21-14(2)15-7-9-16(10-8-15)19(3,4)5/h6-12,14,21H,1-5H3. The summed E-state index contributed by atoms with van der Waals surface area (Å²) < 4.78 is 0. The fourth-order valence-corrected chi connectivity index (χ4v) is 2.62. The van der Waals surface area contributed by atoms with Crippen molar-refractivity contribution >= 4 is 17.3 Å². The van der Waals surface area contributed by atoms with Crippen molar-refractivity contribution in [3.05, 3.63) is 64.2 Å². The van der Waals surface area contributed by atoms with Crippen molar-refractivity contribution in [1.82, 2.24) is 0 Å². The van der Waals surface area contributed by atoms with Gasteiger partial charge in [0.25, 0.3) is 0 Å². The van der Waals surface area contributed by atoms with E-state index in [9.17, 15) is 0 Å². The smallest absolute Gasteiger partial charge is 0.0640 e. The van der Waals surface area contributed by atoms with Crippen LogP contribution in [0.1, 0.15) is 50.4 Å². The number of nitrogens with one attached hydrogen (secondary N) is 1. The van der Waals surface area contributed by atoms with Crippen molar-refractivity contribution in [2.24, 2.45) is 0 Å². The SMILES string of the molecule is Cc1ccc(NC(C)c2ccc(C(C)(C)C)cc2)c(Cl)c1. The second-order valence-corrected chi connectivity index (χ2v) is 7.13. The Morgan fingerprint density at radius 3 is 2.14 bits per heavy atom. The summed E-state index contributed by atoms with van der Waals surface area (Å²) in [6, 6.07) is 15.1. The molecule has 0 aromatic heterocycles. The Labute approximate surface area is 133 Å². The molecule has 0 saturated heterocycles. The number of aryl methyl sites for hydroxylation is 1. The van der Waals surface area contributed by atoms with E-state index in [0.717, 1.165) is 10.7 Å². The van der Waals surface area contributed by atoms with Crippen molar-refractivity contribution in [2.75, 3.05) is 5.32 Å². The average molecular weight is 302 g/mol. The molecule has 0 heterocycles. The van der Waals surface area contributed by atoms with Gasteiger partial charge in [0.05, 0.1) is 10.7 Å². The molecule has 2 rings (SSSR count). The highest BCUT2D eigenvalue weighted by Gasteiger charge is 2.14. The lowest BCUT2D eigenvalue weighted by Gasteiger charge is -2.21. The highest BCUT2D eigenvalue weighted by Crippen LogP contribution is 2.28. The molecule has 0 bridgehead atoms. The number of anilines is 1. The van der Waals surface area contributed by atoms with Gasteiger partial charge in [-0.3, -0.25) is 0 Å². The molecule has 112 valence electrons. The molecular formula is C19H24ClN. The van der Waals surface area contributed by atoms with Crippen LogP contribution in [0, 0.1) is 6.92 Å². The van der Waals surface area contributed by atoms with E-state index in [2.05, 4.69) is 63.3 Å². The molecule has 1 N–H and O–H groups in total. The summed E-state index contributed by atoms with van der Waals surface area (Å²) in [7, 11) is 0. The van der Waals surface area contributed by atoms with Gasteiger partial charge in [0.1, 0.15) is 0 Å². The predicted octanol–water partition coefficient (Wildman–Crippen LogP) is 6.12. The summed E-state index contributed by atoms with van der Waals surface area (Å²) in [5.74, 6) is 0. The van der Waals surface area contributed by atoms with Crippen LogP contribution in [0.5, 0.6) is 0 Å². The molecule has 0 amide bonds. The molecule has 0 spiro atoms. The highest BCUT2D eigenvalue weighted by atomic mass is 35.5. The summed E-state index contributed by atoms with van der Waals surface area (Å²) in [6.07, 6.45) is 0. The molecule has 1 unspecified atom stereocenters. The van der Waals surface area contributed by atoms with Crippen LogP contribution < -0.4 is 5.32 Å². The van der Waals surface area contributed by atoms with Crippen LogP contribution in [-0.4, -0.2) is 0 Å². The largest absolute Gasteiger partial charge is 0.377 e. The molecule has 1 atom stereocenters. The average Bonchev–Trinajstić information content (AvgIpc) is 2.41. The minimum absolute atomic E-state index is 0.190. The van der Waals surface area contributed by atoms with Gasteiger partial charge < -0.3 is 5.32 Å². The third kappa shape index (κ3) is 4.01. The van der Waals surface area contributed by atoms with Crippen LogP contribution in [0.2, 0.25) is 5.02 Å². The van der Waals surface area contributed by atoms with E-state index in [0.29, 0.717) is 0 Å². The van der Waals surface area contributed by atoms with Gasteiger partial charge in [0.15, 0.2) is 0 Å². The van der Waals surface area contributed by atoms with Crippen LogP contribution in [0.25, 0.3) is 0 Å². The first-order valence-electron chi connectivity index (χ1n) is 7.40. The second-order valence-electron chi connectivity index (χ2n) is 6.72. The summed E-state index contributed by atoms with van der Waals surface area (Å²) in [5, 5.41) is 4.25. The first-order valence-corrected chi connectivity index (χ1v) is 7.78. The summed E-state index contributed by atoms with van der Waals surface area (Å²) in [4.78, 5) is 0. The molecule has 2 aromatic rings. The minimum atomic E-state index is 0.190. The summed E-state index contributed by atoms with van der Waals surface area (Å²) in [6.45, 7) is 10.9. The number of rotatable bonds is 3. The maximum atomic E-state index is 6.28. The molecule has 0 fully saturated rings. The molecule has 2 heteroatoms. The molecule has 21 heavy (non-hydrogen) atoms. The van der Waals surface area contributed by atoms with E-state index in [4.69, 9.17) is 11.6 Å². The topological polar surface area (TPSA) is 12.0 Å². The Kier molecular flexibility index (Phi) is 4.63. The van der Waals surface area contributed by atoms with Crippen LogP contribution in [-0.2, 0) is 5.41 Å². The first kappa shape index (κ1) is 15.9. The van der Waals surface area contributed by atoms with E-state index in [1.165, 1.54) is 16.7 Å². The van der Waals surface area contributed by atoms with Gasteiger partial charge in [-0.25, -0.2) is 0 Å². The van der Waals surface area contributed by atoms with Crippen LogP contribution in [0.15, 0.2) is 42.5 Å². The number of hydrogen-bond acceptors (Lipinski definition) is 1. The lowest BCUT2D eigenvalue weighted by atomic mass is 9.86. The quantitative estimate of drug-likeness (QED) is 0.720. The molecule has 0 saturated carbocycles. The zero-order valence-corrected chi connectivity index (χ0v) is 14.3. The van der Waals surface area contributed by atoms with Gasteiger partial charge in [-0.1, -0.05) is 62.7 Å². The fraction of sp³-hybridized carbons (Fsp3) is 0.368. The van der Waals surface area contributed by atoms with E-state index in [1.807, 2.05) is 19.1 Å². The van der Waals surface area contributed by atoms with Crippen LogP contribution >= 0.6 is 11.6 Å². The zero-order chi connectivity index (χ0) is 15.6. The Morgan fingerprint density at radius 1 is 1.00 bits per heavy atom. The molecular weight excluding hydrogens is 278 g/mol. The van der Waals surface area contributed by atoms with Crippen molar-refractivity contribution in [3.8, 4) is 0 Å². The Bertz CT molecular complexity index is 608. The maximum absolute atomic E-state index is 6.28. The van der Waals surface area contributed by atoms with Gasteiger partial charge in [0.2, 0.25) is 0 Å². The van der Waals surface area contributed by atoms with Crippen molar-refractivity contribution < 1.29 is 0 Å². The lowest BCUT2D eigenvalue weighted by Crippen LogP contribution is -2.12. The predicted molar refractivity (Wildman–Crippen MR) is 93.4 cm³/mol. The molecule has 2 aromatic carbocycles. The third-order valence-corrected chi connectivity index (χ3v) is 4.09. The second kappa shape index (κ2) is 6.11. The summed E-state index contributed by atoms with van der Waals surface area (Å²) in [5.41, 5.74) is 4.96. The Morgan fingerprint density at radius 2 is 1.62 bits per heavy atom.